The Morgan fingerprint density at radius 2 is 1.76 bits per heavy atom. The Labute approximate surface area is 142 Å². The molecule has 1 aromatic carbocycles. The van der Waals surface area contributed by atoms with E-state index in [0.717, 1.165) is 38.1 Å². The number of anilines is 2. The van der Waals surface area contributed by atoms with Crippen molar-refractivity contribution in [2.75, 3.05) is 23.3 Å². The molecule has 5 nitrogen and oxygen atoms in total. The van der Waals surface area contributed by atoms with E-state index in [1.807, 2.05) is 4.90 Å². The molecule has 132 valence electrons. The van der Waals surface area contributed by atoms with E-state index in [0.29, 0.717) is 11.9 Å². The van der Waals surface area contributed by atoms with Crippen LogP contribution in [0.25, 0.3) is 0 Å². The topological polar surface area (TPSA) is 58.1 Å². The summed E-state index contributed by atoms with van der Waals surface area (Å²) in [5.41, 5.74) is -0.351. The Morgan fingerprint density at radius 1 is 1.12 bits per heavy atom. The summed E-state index contributed by atoms with van der Waals surface area (Å²) in [6, 6.07) is 1.70. The molecule has 25 heavy (non-hydrogen) atoms. The van der Waals surface area contributed by atoms with Gasteiger partial charge < -0.3 is 10.2 Å². The van der Waals surface area contributed by atoms with Gasteiger partial charge in [-0.3, -0.25) is 4.79 Å². The Hall–Kier alpha value is -2.64. The van der Waals surface area contributed by atoms with E-state index in [9.17, 15) is 18.0 Å². The third-order valence-corrected chi connectivity index (χ3v) is 4.25. The van der Waals surface area contributed by atoms with Crippen LogP contribution in [0.4, 0.5) is 24.8 Å². The number of aromatic nitrogens is 2. The molecule has 0 saturated carbocycles. The first-order valence-corrected chi connectivity index (χ1v) is 7.97. The first-order valence-electron chi connectivity index (χ1n) is 7.97. The summed E-state index contributed by atoms with van der Waals surface area (Å²) in [4.78, 5) is 22.5. The van der Waals surface area contributed by atoms with Gasteiger partial charge in [0.25, 0.3) is 5.91 Å². The van der Waals surface area contributed by atoms with Crippen molar-refractivity contribution in [2.45, 2.75) is 19.8 Å². The van der Waals surface area contributed by atoms with Crippen LogP contribution in [0.1, 0.15) is 30.1 Å². The van der Waals surface area contributed by atoms with Gasteiger partial charge in [-0.2, -0.15) is 0 Å². The number of rotatable bonds is 3. The summed E-state index contributed by atoms with van der Waals surface area (Å²) in [7, 11) is 0. The zero-order chi connectivity index (χ0) is 18.0. The third kappa shape index (κ3) is 3.72. The minimum atomic E-state index is -1.64. The smallest absolute Gasteiger partial charge is 0.258 e. The maximum atomic E-state index is 13.6. The molecule has 1 amide bonds. The molecule has 0 unspecified atom stereocenters. The molecular weight excluding hydrogens is 333 g/mol. The lowest BCUT2D eigenvalue weighted by atomic mass is 10.00. The molecule has 0 aliphatic carbocycles. The van der Waals surface area contributed by atoms with Gasteiger partial charge in [-0.05, 0) is 30.9 Å². The molecule has 1 aromatic heterocycles. The molecule has 3 rings (SSSR count). The maximum Gasteiger partial charge on any atom is 0.258 e. The number of nitrogens with one attached hydrogen (secondary N) is 1. The van der Waals surface area contributed by atoms with Gasteiger partial charge in [-0.25, -0.2) is 23.1 Å². The van der Waals surface area contributed by atoms with E-state index in [1.165, 1.54) is 12.4 Å². The molecule has 1 aliphatic heterocycles. The van der Waals surface area contributed by atoms with Gasteiger partial charge >= 0.3 is 0 Å². The number of benzene rings is 1. The molecule has 2 aromatic rings. The predicted octanol–water partition coefficient (Wildman–Crippen LogP) is 3.38. The van der Waals surface area contributed by atoms with E-state index in [-0.39, 0.29) is 5.56 Å². The standard InChI is InChI=1S/C17H17F3N4O/c1-10-4-6-24(7-5-10)17-21-8-11(9-22-17)16(25)23-13-3-2-12(18)14(19)15(13)20/h2-3,8-10H,4-7H2,1H3,(H,23,25). The van der Waals surface area contributed by atoms with E-state index in [4.69, 9.17) is 0 Å². The van der Waals surface area contributed by atoms with Gasteiger partial charge in [0.2, 0.25) is 5.95 Å². The van der Waals surface area contributed by atoms with Crippen LogP contribution in [0.15, 0.2) is 24.5 Å². The van der Waals surface area contributed by atoms with Gasteiger partial charge in [0.15, 0.2) is 17.5 Å². The van der Waals surface area contributed by atoms with Crippen molar-refractivity contribution in [3.8, 4) is 0 Å². The van der Waals surface area contributed by atoms with Crippen LogP contribution in [0, 0.1) is 23.4 Å². The van der Waals surface area contributed by atoms with E-state index < -0.39 is 29.0 Å². The van der Waals surface area contributed by atoms with Crippen molar-refractivity contribution in [3.05, 3.63) is 47.5 Å². The molecule has 0 bridgehead atoms. The monoisotopic (exact) mass is 350 g/mol. The number of nitrogens with zero attached hydrogens (tertiary/aromatic N) is 3. The summed E-state index contributed by atoms with van der Waals surface area (Å²) in [5.74, 6) is -3.91. The van der Waals surface area contributed by atoms with Crippen molar-refractivity contribution in [1.82, 2.24) is 9.97 Å². The van der Waals surface area contributed by atoms with Crippen molar-refractivity contribution in [1.29, 1.82) is 0 Å². The SMILES string of the molecule is CC1CCN(c2ncc(C(=O)Nc3ccc(F)c(F)c3F)cn2)CC1. The fourth-order valence-corrected chi connectivity index (χ4v) is 2.63. The fraction of sp³-hybridized carbons (Fsp3) is 0.353. The molecule has 2 heterocycles. The molecule has 8 heteroatoms. The molecule has 0 atom stereocenters. The van der Waals surface area contributed by atoms with Crippen molar-refractivity contribution in [3.63, 3.8) is 0 Å². The highest BCUT2D eigenvalue weighted by molar-refractivity contribution is 6.03. The molecule has 1 saturated heterocycles. The zero-order valence-corrected chi connectivity index (χ0v) is 13.6. The minimum absolute atomic E-state index is 0.0956. The molecule has 1 fully saturated rings. The fourth-order valence-electron chi connectivity index (χ4n) is 2.63. The maximum absolute atomic E-state index is 13.6. The highest BCUT2D eigenvalue weighted by Crippen LogP contribution is 2.21. The lowest BCUT2D eigenvalue weighted by Gasteiger charge is -2.30. The highest BCUT2D eigenvalue weighted by atomic mass is 19.2. The van der Waals surface area contributed by atoms with E-state index >= 15 is 0 Å². The first kappa shape index (κ1) is 17.2. The third-order valence-electron chi connectivity index (χ3n) is 4.25. The summed E-state index contributed by atoms with van der Waals surface area (Å²) in [6.07, 6.45) is 4.77. The van der Waals surface area contributed by atoms with Crippen molar-refractivity contribution in [2.24, 2.45) is 5.92 Å². The average Bonchev–Trinajstić information content (AvgIpc) is 2.63. The molecule has 0 radical (unpaired) electrons. The van der Waals surface area contributed by atoms with Crippen LogP contribution < -0.4 is 10.2 Å². The van der Waals surface area contributed by atoms with Crippen molar-refractivity contribution >= 4 is 17.5 Å². The summed E-state index contributed by atoms with van der Waals surface area (Å²) >= 11 is 0. The first-order chi connectivity index (χ1) is 12.0. The average molecular weight is 350 g/mol. The van der Waals surface area contributed by atoms with Crippen LogP contribution in [-0.4, -0.2) is 29.0 Å². The summed E-state index contributed by atoms with van der Waals surface area (Å²) in [6.45, 7) is 3.91. The van der Waals surface area contributed by atoms with Gasteiger partial charge in [-0.1, -0.05) is 6.92 Å². The molecule has 1 aliphatic rings. The second-order valence-corrected chi connectivity index (χ2v) is 6.12. The van der Waals surface area contributed by atoms with Crippen LogP contribution in [0.5, 0.6) is 0 Å². The Morgan fingerprint density at radius 3 is 2.40 bits per heavy atom. The van der Waals surface area contributed by atoms with Gasteiger partial charge in [0.05, 0.1) is 11.3 Å². The second-order valence-electron chi connectivity index (χ2n) is 6.12. The number of halogens is 3. The number of piperidine rings is 1. The number of amides is 1. The largest absolute Gasteiger partial charge is 0.341 e. The number of hydrogen-bond acceptors (Lipinski definition) is 4. The van der Waals surface area contributed by atoms with Crippen LogP contribution in [0.2, 0.25) is 0 Å². The lowest BCUT2D eigenvalue weighted by molar-refractivity contribution is 0.102. The molecule has 1 N–H and O–H groups in total. The van der Waals surface area contributed by atoms with E-state index in [1.54, 1.807) is 0 Å². The molecular formula is C17H17F3N4O. The van der Waals surface area contributed by atoms with Crippen LogP contribution in [-0.2, 0) is 0 Å². The number of carbonyl (C=O) groups excluding carboxylic acids is 1. The second kappa shape index (κ2) is 7.08. The van der Waals surface area contributed by atoms with Crippen LogP contribution in [0.3, 0.4) is 0 Å². The van der Waals surface area contributed by atoms with E-state index in [2.05, 4.69) is 22.2 Å². The predicted molar refractivity (Wildman–Crippen MR) is 86.9 cm³/mol. The van der Waals surface area contributed by atoms with Gasteiger partial charge in [0, 0.05) is 25.5 Å². The quantitative estimate of drug-likeness (QED) is 0.862. The summed E-state index contributed by atoms with van der Waals surface area (Å²) < 4.78 is 39.7. The van der Waals surface area contributed by atoms with Gasteiger partial charge in [-0.15, -0.1) is 0 Å². The normalized spacial score (nSPS) is 15.3. The van der Waals surface area contributed by atoms with Crippen molar-refractivity contribution < 1.29 is 18.0 Å². The zero-order valence-electron chi connectivity index (χ0n) is 13.6. The van der Waals surface area contributed by atoms with Gasteiger partial charge in [0.1, 0.15) is 0 Å². The summed E-state index contributed by atoms with van der Waals surface area (Å²) in [5, 5.41) is 2.19. The minimum Gasteiger partial charge on any atom is -0.341 e. The Kier molecular flexibility index (Phi) is 4.87. The Balaban J connectivity index is 1.70. The van der Waals surface area contributed by atoms with Crippen LogP contribution >= 0.6 is 0 Å². The number of carbonyl (C=O) groups is 1. The Bertz CT molecular complexity index is 774. The lowest BCUT2D eigenvalue weighted by Crippen LogP contribution is -2.34. The number of hydrogen-bond donors (Lipinski definition) is 1. The highest BCUT2D eigenvalue weighted by Gasteiger charge is 2.19. The molecule has 0 spiro atoms.